The average Bonchev–Trinajstić information content (AvgIpc) is 3.32. The lowest BCUT2D eigenvalue weighted by molar-refractivity contribution is -0.131. The third-order valence-electron chi connectivity index (χ3n) is 4.76. The molecule has 0 bridgehead atoms. The van der Waals surface area contributed by atoms with Crippen LogP contribution in [0.4, 0.5) is 0 Å². The lowest BCUT2D eigenvalue weighted by Gasteiger charge is -2.11. The topological polar surface area (TPSA) is 93.2 Å². The molecular formula is C25H22N4O3S3. The Bertz CT molecular complexity index is 1350. The van der Waals surface area contributed by atoms with Crippen LogP contribution in [0.3, 0.4) is 0 Å². The maximum absolute atomic E-state index is 12.2. The number of esters is 1. The molecule has 0 atom stereocenters. The van der Waals surface area contributed by atoms with Crippen LogP contribution in [0.1, 0.15) is 18.1 Å². The van der Waals surface area contributed by atoms with Crippen LogP contribution in [-0.4, -0.2) is 27.8 Å². The van der Waals surface area contributed by atoms with Crippen molar-refractivity contribution in [1.29, 1.82) is 0 Å². The highest BCUT2D eigenvalue weighted by Gasteiger charge is 2.10. The van der Waals surface area contributed by atoms with Crippen molar-refractivity contribution in [3.63, 3.8) is 0 Å². The standard InChI is InChI=1S/C25H22N4O3S3/c1-16(18-10-12-21(13-11-18)32-17(2)30)26-27-23(31)15-34-25-29-28-24(35-25)33-14-20-8-5-7-19-6-3-4-9-22(19)20/h3-13,26H,1,14-15H2,2H3,(H,27,31). The molecule has 0 fully saturated rings. The van der Waals surface area contributed by atoms with Gasteiger partial charge >= 0.3 is 5.97 Å². The molecule has 0 unspecified atom stereocenters. The predicted molar refractivity (Wildman–Crippen MR) is 142 cm³/mol. The zero-order valence-electron chi connectivity index (χ0n) is 18.8. The van der Waals surface area contributed by atoms with Gasteiger partial charge in [-0.3, -0.25) is 20.4 Å². The summed E-state index contributed by atoms with van der Waals surface area (Å²) in [5.41, 5.74) is 7.95. The molecule has 10 heteroatoms. The molecule has 0 aliphatic heterocycles. The van der Waals surface area contributed by atoms with Crippen LogP contribution in [0.25, 0.3) is 16.5 Å². The zero-order chi connectivity index (χ0) is 24.6. The second kappa shape index (κ2) is 11.9. The Labute approximate surface area is 215 Å². The smallest absolute Gasteiger partial charge is 0.308 e. The van der Waals surface area contributed by atoms with Gasteiger partial charge in [-0.05, 0) is 46.2 Å². The second-order valence-electron chi connectivity index (χ2n) is 7.32. The summed E-state index contributed by atoms with van der Waals surface area (Å²) in [6.45, 7) is 5.25. The summed E-state index contributed by atoms with van der Waals surface area (Å²) in [7, 11) is 0. The number of rotatable bonds is 10. The summed E-state index contributed by atoms with van der Waals surface area (Å²) in [4.78, 5) is 23.2. The molecule has 0 saturated carbocycles. The molecule has 178 valence electrons. The van der Waals surface area contributed by atoms with Gasteiger partial charge < -0.3 is 4.74 Å². The van der Waals surface area contributed by atoms with E-state index in [0.29, 0.717) is 11.4 Å². The molecule has 4 rings (SSSR count). The molecule has 1 amide bonds. The van der Waals surface area contributed by atoms with Gasteiger partial charge in [0, 0.05) is 12.7 Å². The number of carbonyl (C=O) groups excluding carboxylic acids is 2. The van der Waals surface area contributed by atoms with Gasteiger partial charge in [0.05, 0.1) is 11.4 Å². The first kappa shape index (κ1) is 24.8. The van der Waals surface area contributed by atoms with Gasteiger partial charge in [-0.2, -0.15) is 0 Å². The summed E-state index contributed by atoms with van der Waals surface area (Å²) in [5.74, 6) is 0.836. The molecular weight excluding hydrogens is 501 g/mol. The van der Waals surface area contributed by atoms with E-state index in [4.69, 9.17) is 4.74 Å². The molecule has 3 aromatic carbocycles. The third kappa shape index (κ3) is 7.08. The van der Waals surface area contributed by atoms with Gasteiger partial charge in [-0.15, -0.1) is 10.2 Å². The van der Waals surface area contributed by atoms with Gasteiger partial charge in [0.25, 0.3) is 0 Å². The van der Waals surface area contributed by atoms with E-state index in [0.717, 1.165) is 20.0 Å². The number of nitrogens with one attached hydrogen (secondary N) is 2. The summed E-state index contributed by atoms with van der Waals surface area (Å²) >= 11 is 4.44. The van der Waals surface area contributed by atoms with Crippen LogP contribution in [0.15, 0.2) is 82.0 Å². The number of hydrogen-bond acceptors (Lipinski definition) is 9. The quantitative estimate of drug-likeness (QED) is 0.126. The molecule has 0 aliphatic rings. The zero-order valence-corrected chi connectivity index (χ0v) is 21.3. The molecule has 0 radical (unpaired) electrons. The highest BCUT2D eigenvalue weighted by atomic mass is 32.2. The van der Waals surface area contributed by atoms with Crippen LogP contribution >= 0.6 is 34.9 Å². The van der Waals surface area contributed by atoms with Crippen molar-refractivity contribution in [1.82, 2.24) is 21.0 Å². The highest BCUT2D eigenvalue weighted by Crippen LogP contribution is 2.32. The summed E-state index contributed by atoms with van der Waals surface area (Å²) < 4.78 is 6.61. The van der Waals surface area contributed by atoms with Gasteiger partial charge in [0.1, 0.15) is 5.75 Å². The normalized spacial score (nSPS) is 10.7. The van der Waals surface area contributed by atoms with E-state index in [1.54, 1.807) is 36.0 Å². The number of aromatic nitrogens is 2. The van der Waals surface area contributed by atoms with Crippen molar-refractivity contribution < 1.29 is 14.3 Å². The fourth-order valence-corrected chi connectivity index (χ4v) is 5.97. The minimum absolute atomic E-state index is 0.189. The Balaban J connectivity index is 1.21. The van der Waals surface area contributed by atoms with E-state index in [9.17, 15) is 9.59 Å². The molecule has 7 nitrogen and oxygen atoms in total. The van der Waals surface area contributed by atoms with E-state index in [1.165, 1.54) is 46.4 Å². The van der Waals surface area contributed by atoms with Crippen molar-refractivity contribution in [2.24, 2.45) is 0 Å². The number of nitrogens with zero attached hydrogens (tertiary/aromatic N) is 2. The van der Waals surface area contributed by atoms with Crippen molar-refractivity contribution in [3.05, 3.63) is 84.4 Å². The third-order valence-corrected chi connectivity index (χ3v) is 8.00. The van der Waals surface area contributed by atoms with Crippen molar-refractivity contribution in [2.45, 2.75) is 21.4 Å². The van der Waals surface area contributed by atoms with E-state index in [1.807, 2.05) is 12.1 Å². The molecule has 2 N–H and O–H groups in total. The molecule has 0 saturated heterocycles. The van der Waals surface area contributed by atoms with Gasteiger partial charge in [-0.1, -0.05) is 83.9 Å². The molecule has 1 heterocycles. The molecule has 0 spiro atoms. The number of thioether (sulfide) groups is 2. The van der Waals surface area contributed by atoms with Crippen molar-refractivity contribution in [2.75, 3.05) is 5.75 Å². The van der Waals surface area contributed by atoms with Gasteiger partial charge in [-0.25, -0.2) is 0 Å². The van der Waals surface area contributed by atoms with Crippen molar-refractivity contribution >= 4 is 63.2 Å². The van der Waals surface area contributed by atoms with Crippen LogP contribution in [0.5, 0.6) is 5.75 Å². The maximum atomic E-state index is 12.2. The fourth-order valence-electron chi connectivity index (χ4n) is 3.14. The lowest BCUT2D eigenvalue weighted by Crippen LogP contribution is -2.37. The Morgan fingerprint density at radius 1 is 0.943 bits per heavy atom. The molecule has 35 heavy (non-hydrogen) atoms. The number of hydrazine groups is 1. The average molecular weight is 523 g/mol. The van der Waals surface area contributed by atoms with Crippen LogP contribution in [0, 0.1) is 0 Å². The summed E-state index contributed by atoms with van der Waals surface area (Å²) in [5, 5.41) is 10.9. The monoisotopic (exact) mass is 522 g/mol. The number of ether oxygens (including phenoxy) is 1. The SMILES string of the molecule is C=C(NNC(=O)CSc1nnc(SCc2cccc3ccccc23)s1)c1ccc(OC(C)=O)cc1. The first-order valence-corrected chi connectivity index (χ1v) is 13.3. The first-order valence-electron chi connectivity index (χ1n) is 10.6. The van der Waals surface area contributed by atoms with Gasteiger partial charge in [0.15, 0.2) is 8.68 Å². The van der Waals surface area contributed by atoms with Crippen LogP contribution in [0.2, 0.25) is 0 Å². The van der Waals surface area contributed by atoms with E-state index in [2.05, 4.69) is 58.0 Å². The largest absolute Gasteiger partial charge is 0.427 e. The molecule has 1 aromatic heterocycles. The van der Waals surface area contributed by atoms with E-state index < -0.39 is 0 Å². The van der Waals surface area contributed by atoms with Crippen LogP contribution in [-0.2, 0) is 15.3 Å². The predicted octanol–water partition coefficient (Wildman–Crippen LogP) is 5.29. The lowest BCUT2D eigenvalue weighted by atomic mass is 10.1. The minimum atomic E-state index is -0.384. The number of amides is 1. The first-order chi connectivity index (χ1) is 17.0. The molecule has 0 aliphatic carbocycles. The minimum Gasteiger partial charge on any atom is -0.427 e. The summed E-state index contributed by atoms with van der Waals surface area (Å²) in [6, 6.07) is 21.4. The summed E-state index contributed by atoms with van der Waals surface area (Å²) in [6.07, 6.45) is 0. The Morgan fingerprint density at radius 2 is 1.66 bits per heavy atom. The van der Waals surface area contributed by atoms with E-state index in [-0.39, 0.29) is 17.6 Å². The van der Waals surface area contributed by atoms with Crippen molar-refractivity contribution in [3.8, 4) is 5.75 Å². The number of benzene rings is 3. The van der Waals surface area contributed by atoms with E-state index >= 15 is 0 Å². The maximum Gasteiger partial charge on any atom is 0.308 e. The highest BCUT2D eigenvalue weighted by molar-refractivity contribution is 8.03. The Morgan fingerprint density at radius 3 is 2.43 bits per heavy atom. The van der Waals surface area contributed by atoms with Crippen LogP contribution < -0.4 is 15.6 Å². The number of fused-ring (bicyclic) bond motifs is 1. The molecule has 4 aromatic rings. The number of hydrogen-bond donors (Lipinski definition) is 2. The van der Waals surface area contributed by atoms with Gasteiger partial charge in [0.2, 0.25) is 5.91 Å². The fraction of sp³-hybridized carbons (Fsp3) is 0.120. The second-order valence-corrected chi connectivity index (χ2v) is 10.7. The Kier molecular flexibility index (Phi) is 8.40. The Hall–Kier alpha value is -3.34. The number of carbonyl (C=O) groups is 2.